The summed E-state index contributed by atoms with van der Waals surface area (Å²) in [6, 6.07) is 14.0. The molecule has 32 heavy (non-hydrogen) atoms. The first-order valence-electron chi connectivity index (χ1n) is 10.2. The Morgan fingerprint density at radius 1 is 1.09 bits per heavy atom. The van der Waals surface area contributed by atoms with Crippen LogP contribution in [0.3, 0.4) is 0 Å². The largest absolute Gasteiger partial charge is 0.503 e. The summed E-state index contributed by atoms with van der Waals surface area (Å²) in [4.78, 5) is 38.3. The molecule has 0 radical (unpaired) electrons. The van der Waals surface area contributed by atoms with Gasteiger partial charge in [0.2, 0.25) is 5.43 Å². The number of pyridine rings is 1. The van der Waals surface area contributed by atoms with Crippen molar-refractivity contribution in [2.45, 2.75) is 25.6 Å². The van der Waals surface area contributed by atoms with Crippen LogP contribution in [-0.2, 0) is 24.3 Å². The number of nitrogens with zero attached hydrogens (tertiary/aromatic N) is 1. The fourth-order valence-electron chi connectivity index (χ4n) is 3.78. The molecule has 0 fully saturated rings. The first-order valence-corrected chi connectivity index (χ1v) is 10.2. The van der Waals surface area contributed by atoms with E-state index in [4.69, 9.17) is 0 Å². The minimum Gasteiger partial charge on any atom is -0.503 e. The van der Waals surface area contributed by atoms with E-state index in [1.807, 2.05) is 30.3 Å². The lowest BCUT2D eigenvalue weighted by molar-refractivity contribution is -0.121. The molecule has 0 saturated heterocycles. The molecule has 164 valence electrons. The van der Waals surface area contributed by atoms with Gasteiger partial charge in [-0.25, -0.2) is 4.39 Å². The van der Waals surface area contributed by atoms with Gasteiger partial charge < -0.3 is 20.3 Å². The molecule has 1 aromatic heterocycles. The fourth-order valence-corrected chi connectivity index (χ4v) is 3.78. The molecule has 7 nitrogen and oxygen atoms in total. The number of halogens is 1. The lowest BCUT2D eigenvalue weighted by Crippen LogP contribution is -2.41. The number of aromatic nitrogens is 1. The third-order valence-corrected chi connectivity index (χ3v) is 5.43. The van der Waals surface area contributed by atoms with Crippen LogP contribution in [0.5, 0.6) is 5.75 Å². The van der Waals surface area contributed by atoms with Crippen molar-refractivity contribution in [3.05, 3.63) is 99.2 Å². The third kappa shape index (κ3) is 4.45. The third-order valence-electron chi connectivity index (χ3n) is 5.43. The predicted octanol–water partition coefficient (Wildman–Crippen LogP) is 2.08. The number of rotatable bonds is 6. The zero-order valence-corrected chi connectivity index (χ0v) is 17.2. The van der Waals surface area contributed by atoms with Crippen LogP contribution in [0.2, 0.25) is 0 Å². The van der Waals surface area contributed by atoms with E-state index in [2.05, 4.69) is 10.6 Å². The Balaban J connectivity index is 1.57. The number of aromatic hydroxyl groups is 1. The molecule has 0 aliphatic carbocycles. The maximum Gasteiger partial charge on any atom is 0.257 e. The highest BCUT2D eigenvalue weighted by Crippen LogP contribution is 2.26. The first-order chi connectivity index (χ1) is 15.4. The number of carbonyl (C=O) groups is 2. The molecule has 0 spiro atoms. The summed E-state index contributed by atoms with van der Waals surface area (Å²) in [7, 11) is 0. The van der Waals surface area contributed by atoms with Gasteiger partial charge >= 0.3 is 0 Å². The second kappa shape index (κ2) is 9.15. The quantitative estimate of drug-likeness (QED) is 0.551. The lowest BCUT2D eigenvalue weighted by atomic mass is 9.98. The van der Waals surface area contributed by atoms with Gasteiger partial charge in [-0.2, -0.15) is 0 Å². The topological polar surface area (TPSA) is 100 Å². The maximum atomic E-state index is 13.0. The van der Waals surface area contributed by atoms with Crippen molar-refractivity contribution in [2.75, 3.05) is 6.54 Å². The molecule has 1 aliphatic heterocycles. The van der Waals surface area contributed by atoms with Crippen LogP contribution in [0.1, 0.15) is 33.2 Å². The first kappa shape index (κ1) is 21.5. The second-order valence-electron chi connectivity index (χ2n) is 7.62. The van der Waals surface area contributed by atoms with Gasteiger partial charge in [0.05, 0.1) is 5.69 Å². The van der Waals surface area contributed by atoms with E-state index in [1.165, 1.54) is 30.5 Å². The van der Waals surface area contributed by atoms with Gasteiger partial charge in [-0.1, -0.05) is 42.5 Å². The van der Waals surface area contributed by atoms with Gasteiger partial charge in [0.15, 0.2) is 11.5 Å². The Labute approximate surface area is 183 Å². The summed E-state index contributed by atoms with van der Waals surface area (Å²) < 4.78 is 14.6. The normalized spacial score (nSPS) is 15.1. The predicted molar refractivity (Wildman–Crippen MR) is 116 cm³/mol. The highest BCUT2D eigenvalue weighted by molar-refractivity contribution is 5.94. The minimum atomic E-state index is -0.854. The van der Waals surface area contributed by atoms with E-state index in [9.17, 15) is 23.9 Å². The molecular formula is C24H22FN3O4. The van der Waals surface area contributed by atoms with Crippen LogP contribution in [0, 0.1) is 5.82 Å². The van der Waals surface area contributed by atoms with E-state index < -0.39 is 23.1 Å². The molecule has 1 amide bonds. The number of hydrogen-bond donors (Lipinski definition) is 3. The molecule has 2 aromatic carbocycles. The summed E-state index contributed by atoms with van der Waals surface area (Å²) in [6.07, 6.45) is 1.52. The van der Waals surface area contributed by atoms with Crippen LogP contribution in [-0.4, -0.2) is 27.9 Å². The summed E-state index contributed by atoms with van der Waals surface area (Å²) >= 11 is 0. The molecule has 0 saturated carbocycles. The standard InChI is InChI=1S/C24H22FN3O4/c25-17-8-6-16(7-9-17)13-27-24(32)18-14-28-11-10-26-20(21(28)23(31)22(18)30)19(29)12-15-4-2-1-3-5-15/h1-9,14,20,26,31H,10-13H2,(H,27,32). The van der Waals surface area contributed by atoms with E-state index in [1.54, 1.807) is 4.57 Å². The Morgan fingerprint density at radius 2 is 1.81 bits per heavy atom. The van der Waals surface area contributed by atoms with Gasteiger partial charge in [-0.05, 0) is 23.3 Å². The molecule has 1 atom stereocenters. The lowest BCUT2D eigenvalue weighted by Gasteiger charge is -2.28. The number of carbonyl (C=O) groups excluding carboxylic acids is 2. The molecular weight excluding hydrogens is 413 g/mol. The number of Topliss-reactive ketones (excluding diaryl/α,β-unsaturated/α-hetero) is 1. The van der Waals surface area contributed by atoms with E-state index in [-0.39, 0.29) is 35.8 Å². The highest BCUT2D eigenvalue weighted by atomic mass is 19.1. The number of ketones is 1. The molecule has 4 rings (SSSR count). The van der Waals surface area contributed by atoms with Gasteiger partial charge in [0.1, 0.15) is 17.4 Å². The molecule has 1 aliphatic rings. The summed E-state index contributed by atoms with van der Waals surface area (Å²) in [6.45, 7) is 0.925. The SMILES string of the molecule is O=C(NCc1ccc(F)cc1)c1cn2c(c(O)c1=O)C(C(=O)Cc1ccccc1)NCC2. The zero-order valence-electron chi connectivity index (χ0n) is 17.2. The number of hydrogen-bond acceptors (Lipinski definition) is 5. The van der Waals surface area contributed by atoms with Crippen molar-refractivity contribution in [3.8, 4) is 5.75 Å². The van der Waals surface area contributed by atoms with Crippen molar-refractivity contribution in [1.82, 2.24) is 15.2 Å². The van der Waals surface area contributed by atoms with E-state index >= 15 is 0 Å². The van der Waals surface area contributed by atoms with Crippen molar-refractivity contribution >= 4 is 11.7 Å². The second-order valence-corrected chi connectivity index (χ2v) is 7.62. The van der Waals surface area contributed by atoms with Gasteiger partial charge in [0.25, 0.3) is 5.91 Å². The Bertz CT molecular complexity index is 1210. The molecule has 2 heterocycles. The number of nitrogens with one attached hydrogen (secondary N) is 2. The summed E-state index contributed by atoms with van der Waals surface area (Å²) in [5, 5.41) is 16.3. The summed E-state index contributed by atoms with van der Waals surface area (Å²) in [5.74, 6) is -1.84. The Kier molecular flexibility index (Phi) is 6.13. The van der Waals surface area contributed by atoms with Crippen molar-refractivity contribution < 1.29 is 19.1 Å². The van der Waals surface area contributed by atoms with Gasteiger partial charge in [0, 0.05) is 32.3 Å². The van der Waals surface area contributed by atoms with E-state index in [0.717, 1.165) is 5.56 Å². The van der Waals surface area contributed by atoms with Crippen molar-refractivity contribution in [2.24, 2.45) is 0 Å². The molecule has 3 aromatic rings. The molecule has 8 heteroatoms. The van der Waals surface area contributed by atoms with Gasteiger partial charge in [-0.15, -0.1) is 0 Å². The highest BCUT2D eigenvalue weighted by Gasteiger charge is 2.31. The molecule has 0 bridgehead atoms. The number of fused-ring (bicyclic) bond motifs is 1. The molecule has 3 N–H and O–H groups in total. The van der Waals surface area contributed by atoms with Crippen molar-refractivity contribution in [1.29, 1.82) is 0 Å². The minimum absolute atomic E-state index is 0.0980. The zero-order chi connectivity index (χ0) is 22.7. The Morgan fingerprint density at radius 3 is 2.53 bits per heavy atom. The van der Waals surface area contributed by atoms with Crippen molar-refractivity contribution in [3.63, 3.8) is 0 Å². The average molecular weight is 435 g/mol. The number of amides is 1. The molecule has 1 unspecified atom stereocenters. The maximum absolute atomic E-state index is 13.0. The van der Waals surface area contributed by atoms with Crippen LogP contribution < -0.4 is 16.1 Å². The summed E-state index contributed by atoms with van der Waals surface area (Å²) in [5.41, 5.74) is 0.601. The monoisotopic (exact) mass is 435 g/mol. The van der Waals surface area contributed by atoms with E-state index in [0.29, 0.717) is 18.7 Å². The average Bonchev–Trinajstić information content (AvgIpc) is 2.81. The number of benzene rings is 2. The smallest absolute Gasteiger partial charge is 0.257 e. The van der Waals surface area contributed by atoms with Crippen LogP contribution in [0.15, 0.2) is 65.6 Å². The van der Waals surface area contributed by atoms with Crippen LogP contribution >= 0.6 is 0 Å². The Hall–Kier alpha value is -3.78. The van der Waals surface area contributed by atoms with Gasteiger partial charge in [-0.3, -0.25) is 14.4 Å². The van der Waals surface area contributed by atoms with Crippen LogP contribution in [0.25, 0.3) is 0 Å². The fraction of sp³-hybridized carbons (Fsp3) is 0.208. The van der Waals surface area contributed by atoms with Crippen LogP contribution in [0.4, 0.5) is 4.39 Å².